The number of likely N-dealkylation sites (tertiary alicyclic amines) is 1. The number of aromatic amines is 1. The monoisotopic (exact) mass is 454 g/mol. The van der Waals surface area contributed by atoms with E-state index in [4.69, 9.17) is 21.1 Å². The zero-order valence-corrected chi connectivity index (χ0v) is 17.9. The van der Waals surface area contributed by atoms with Crippen LogP contribution >= 0.6 is 11.6 Å². The molecule has 3 aromatic rings. The molecule has 32 heavy (non-hydrogen) atoms. The van der Waals surface area contributed by atoms with Gasteiger partial charge < -0.3 is 19.7 Å². The number of benzene rings is 2. The van der Waals surface area contributed by atoms with Gasteiger partial charge in [-0.15, -0.1) is 0 Å². The van der Waals surface area contributed by atoms with E-state index in [1.54, 1.807) is 35.4 Å². The SMILES string of the molecule is COC(=O)c1ccc2c(c1)C(=O)NC1(CCN(C(=O)c3cc(Cl)c4[nH]ncc4c3)CC1)O2. The molecule has 164 valence electrons. The van der Waals surface area contributed by atoms with Crippen LogP contribution in [0.1, 0.15) is 43.9 Å². The fraction of sp³-hybridized carbons (Fsp3) is 0.273. The normalized spacial score (nSPS) is 16.9. The molecule has 2 N–H and O–H groups in total. The zero-order chi connectivity index (χ0) is 22.5. The minimum absolute atomic E-state index is 0.143. The maximum absolute atomic E-state index is 13.0. The van der Waals surface area contributed by atoms with Crippen molar-refractivity contribution in [3.63, 3.8) is 0 Å². The van der Waals surface area contributed by atoms with E-state index >= 15 is 0 Å². The van der Waals surface area contributed by atoms with Crippen LogP contribution in [0.2, 0.25) is 5.02 Å². The summed E-state index contributed by atoms with van der Waals surface area (Å²) < 4.78 is 10.9. The quantitative estimate of drug-likeness (QED) is 0.575. The van der Waals surface area contributed by atoms with Crippen LogP contribution in [0.25, 0.3) is 10.9 Å². The van der Waals surface area contributed by atoms with Crippen LogP contribution in [0.4, 0.5) is 0 Å². The van der Waals surface area contributed by atoms with Gasteiger partial charge in [-0.1, -0.05) is 11.6 Å². The summed E-state index contributed by atoms with van der Waals surface area (Å²) in [5.74, 6) is -0.594. The molecule has 0 saturated carbocycles. The van der Waals surface area contributed by atoms with Crippen LogP contribution < -0.4 is 10.1 Å². The van der Waals surface area contributed by atoms with Crippen molar-refractivity contribution in [1.82, 2.24) is 20.4 Å². The third-order valence-electron chi connectivity index (χ3n) is 5.90. The van der Waals surface area contributed by atoms with Crippen LogP contribution in [-0.4, -0.2) is 58.8 Å². The number of H-pyrrole nitrogens is 1. The number of rotatable bonds is 2. The molecule has 0 unspecified atom stereocenters. The second-order valence-electron chi connectivity index (χ2n) is 7.84. The number of nitrogens with one attached hydrogen (secondary N) is 2. The molecule has 2 aromatic carbocycles. The number of piperidine rings is 1. The second-order valence-corrected chi connectivity index (χ2v) is 8.24. The van der Waals surface area contributed by atoms with Crippen molar-refractivity contribution in [3.8, 4) is 5.75 Å². The Bertz CT molecular complexity index is 1260. The number of esters is 1. The molecular formula is C22H19ClN4O5. The summed E-state index contributed by atoms with van der Waals surface area (Å²) in [5, 5.41) is 10.9. The Balaban J connectivity index is 1.32. The Morgan fingerprint density at radius 2 is 1.97 bits per heavy atom. The highest BCUT2D eigenvalue weighted by Gasteiger charge is 2.43. The van der Waals surface area contributed by atoms with E-state index in [0.717, 1.165) is 5.39 Å². The van der Waals surface area contributed by atoms with Crippen LogP contribution in [0.3, 0.4) is 0 Å². The lowest BCUT2D eigenvalue weighted by atomic mass is 9.95. The number of halogens is 1. The molecule has 1 fully saturated rings. The first-order chi connectivity index (χ1) is 15.4. The average molecular weight is 455 g/mol. The van der Waals surface area contributed by atoms with Crippen molar-refractivity contribution in [2.24, 2.45) is 0 Å². The van der Waals surface area contributed by atoms with Gasteiger partial charge in [0.2, 0.25) is 0 Å². The molecule has 0 aliphatic carbocycles. The van der Waals surface area contributed by atoms with Crippen LogP contribution in [-0.2, 0) is 4.74 Å². The number of ether oxygens (including phenoxy) is 2. The molecule has 2 aliphatic heterocycles. The van der Waals surface area contributed by atoms with E-state index in [-0.39, 0.29) is 22.9 Å². The molecule has 3 heterocycles. The summed E-state index contributed by atoms with van der Waals surface area (Å²) in [5.41, 5.74) is 0.816. The number of hydrogen-bond donors (Lipinski definition) is 2. The molecule has 9 nitrogen and oxygen atoms in total. The zero-order valence-electron chi connectivity index (χ0n) is 17.1. The van der Waals surface area contributed by atoms with Gasteiger partial charge in [-0.3, -0.25) is 14.7 Å². The summed E-state index contributed by atoms with van der Waals surface area (Å²) in [6.45, 7) is 0.797. The highest BCUT2D eigenvalue weighted by Crippen LogP contribution is 2.35. The van der Waals surface area contributed by atoms with E-state index in [1.165, 1.54) is 13.2 Å². The van der Waals surface area contributed by atoms with Gasteiger partial charge in [0.15, 0.2) is 5.72 Å². The fourth-order valence-electron chi connectivity index (χ4n) is 4.17. The van der Waals surface area contributed by atoms with Gasteiger partial charge in [-0.25, -0.2) is 4.79 Å². The summed E-state index contributed by atoms with van der Waals surface area (Å²) in [6, 6.07) is 8.00. The van der Waals surface area contributed by atoms with Gasteiger partial charge in [0.1, 0.15) is 5.75 Å². The standard InChI is InChI=1S/C22H19ClN4O5/c1-31-21(30)12-2-3-17-15(9-12)19(28)25-22(32-17)4-6-27(7-5-22)20(29)13-8-14-11-24-26-18(14)16(23)10-13/h2-3,8-11H,4-7H2,1H3,(H,24,26)(H,25,28). The average Bonchev–Trinajstić information content (AvgIpc) is 3.28. The summed E-state index contributed by atoms with van der Waals surface area (Å²) in [4.78, 5) is 39.3. The summed E-state index contributed by atoms with van der Waals surface area (Å²) >= 11 is 6.27. The third-order valence-corrected chi connectivity index (χ3v) is 6.20. The Morgan fingerprint density at radius 3 is 2.72 bits per heavy atom. The maximum atomic E-state index is 13.0. The molecule has 10 heteroatoms. The number of carbonyl (C=O) groups excluding carboxylic acids is 3. The highest BCUT2D eigenvalue weighted by atomic mass is 35.5. The van der Waals surface area contributed by atoms with Gasteiger partial charge >= 0.3 is 5.97 Å². The molecule has 1 saturated heterocycles. The van der Waals surface area contributed by atoms with Crippen LogP contribution in [0, 0.1) is 0 Å². The Morgan fingerprint density at radius 1 is 1.19 bits per heavy atom. The van der Waals surface area contributed by atoms with Crippen molar-refractivity contribution in [3.05, 3.63) is 58.2 Å². The van der Waals surface area contributed by atoms with Crippen molar-refractivity contribution in [2.75, 3.05) is 20.2 Å². The van der Waals surface area contributed by atoms with E-state index in [9.17, 15) is 14.4 Å². The Hall–Kier alpha value is -3.59. The number of hydrogen-bond acceptors (Lipinski definition) is 6. The lowest BCUT2D eigenvalue weighted by molar-refractivity contribution is -0.0245. The molecule has 0 atom stereocenters. The number of amides is 2. The molecule has 0 bridgehead atoms. The van der Waals surface area contributed by atoms with Crippen molar-refractivity contribution >= 4 is 40.3 Å². The van der Waals surface area contributed by atoms with E-state index in [1.807, 2.05) is 0 Å². The predicted octanol–water partition coefficient (Wildman–Crippen LogP) is 2.76. The lowest BCUT2D eigenvalue weighted by Crippen LogP contribution is -2.61. The number of nitrogens with zero attached hydrogens (tertiary/aromatic N) is 2. The molecule has 5 rings (SSSR count). The summed E-state index contributed by atoms with van der Waals surface area (Å²) in [6.07, 6.45) is 2.46. The highest BCUT2D eigenvalue weighted by molar-refractivity contribution is 6.35. The number of methoxy groups -OCH3 is 1. The van der Waals surface area contributed by atoms with Crippen LogP contribution in [0.15, 0.2) is 36.5 Å². The van der Waals surface area contributed by atoms with Crippen molar-refractivity contribution in [2.45, 2.75) is 18.6 Å². The van der Waals surface area contributed by atoms with E-state index in [2.05, 4.69) is 15.5 Å². The van der Waals surface area contributed by atoms with Gasteiger partial charge in [0.05, 0.1) is 35.0 Å². The number of fused-ring (bicyclic) bond motifs is 2. The van der Waals surface area contributed by atoms with Gasteiger partial charge in [0, 0.05) is 36.9 Å². The Kier molecular flexibility index (Phi) is 4.78. The first kappa shape index (κ1) is 20.3. The van der Waals surface area contributed by atoms with Crippen LogP contribution in [0.5, 0.6) is 5.75 Å². The maximum Gasteiger partial charge on any atom is 0.337 e. The minimum Gasteiger partial charge on any atom is -0.467 e. The van der Waals surface area contributed by atoms with Crippen molar-refractivity contribution < 1.29 is 23.9 Å². The largest absolute Gasteiger partial charge is 0.467 e. The first-order valence-corrected chi connectivity index (χ1v) is 10.4. The molecule has 0 radical (unpaired) electrons. The van der Waals surface area contributed by atoms with Crippen molar-refractivity contribution in [1.29, 1.82) is 0 Å². The molecular weight excluding hydrogens is 436 g/mol. The van der Waals surface area contributed by atoms with E-state index in [0.29, 0.717) is 47.8 Å². The summed E-state index contributed by atoms with van der Waals surface area (Å²) in [7, 11) is 1.28. The Labute approximate surface area is 187 Å². The predicted molar refractivity (Wildman–Crippen MR) is 115 cm³/mol. The minimum atomic E-state index is -0.903. The van der Waals surface area contributed by atoms with Gasteiger partial charge in [-0.2, -0.15) is 5.10 Å². The lowest BCUT2D eigenvalue weighted by Gasteiger charge is -2.44. The van der Waals surface area contributed by atoms with Gasteiger partial charge in [-0.05, 0) is 30.3 Å². The van der Waals surface area contributed by atoms with E-state index < -0.39 is 11.7 Å². The topological polar surface area (TPSA) is 114 Å². The number of carbonyl (C=O) groups is 3. The number of aromatic nitrogens is 2. The first-order valence-electron chi connectivity index (χ1n) is 10.0. The molecule has 2 amide bonds. The molecule has 1 spiro atoms. The molecule has 1 aromatic heterocycles. The second kappa shape index (κ2) is 7.52. The smallest absolute Gasteiger partial charge is 0.337 e. The third kappa shape index (κ3) is 3.34. The molecule has 2 aliphatic rings. The van der Waals surface area contributed by atoms with Gasteiger partial charge in [0.25, 0.3) is 11.8 Å². The fourth-order valence-corrected chi connectivity index (χ4v) is 4.44.